The third-order valence-electron chi connectivity index (χ3n) is 3.41. The Hall–Kier alpha value is 0.935. The molecule has 2 saturated carbocycles. The Kier molecular flexibility index (Phi) is 1.86. The second-order valence-corrected chi connectivity index (χ2v) is 11.1. The zero-order chi connectivity index (χ0) is 6.27. The number of hydrogen-bond acceptors (Lipinski definition) is 0. The van der Waals surface area contributed by atoms with Gasteiger partial charge >= 0.3 is 70.0 Å². The molecule has 2 bridgehead atoms. The van der Waals surface area contributed by atoms with Crippen LogP contribution < -0.4 is 0 Å². The molecule has 0 radical (unpaired) electrons. The predicted octanol–water partition coefficient (Wildman–Crippen LogP) is 2.73. The van der Waals surface area contributed by atoms with Crippen molar-refractivity contribution in [2.75, 3.05) is 0 Å². The van der Waals surface area contributed by atoms with Crippen LogP contribution in [0.2, 0.25) is 7.86 Å². The molecule has 2 aliphatic rings. The minimum atomic E-state index is -0.287. The quantitative estimate of drug-likeness (QED) is 0.653. The molecule has 0 aromatic carbocycles. The van der Waals surface area contributed by atoms with E-state index in [2.05, 4.69) is 4.43 Å². The molecule has 48 valence electrons. The van der Waals surface area contributed by atoms with E-state index < -0.39 is 0 Å². The second kappa shape index (κ2) is 2.52. The summed E-state index contributed by atoms with van der Waals surface area (Å²) in [5.74, 6) is 2.46. The van der Waals surface area contributed by atoms with Gasteiger partial charge in [-0.2, -0.15) is 0 Å². The van der Waals surface area contributed by atoms with Gasteiger partial charge in [0.25, 0.3) is 0 Å². The Bertz CT molecular complexity index is 111. The first kappa shape index (κ1) is 6.63. The Labute approximate surface area is 69.8 Å². The molecule has 0 amide bonds. The minimum absolute atomic E-state index is 0.287. The van der Waals surface area contributed by atoms with E-state index in [1.54, 1.807) is 25.7 Å². The summed E-state index contributed by atoms with van der Waals surface area (Å²) in [6, 6.07) is 0. The van der Waals surface area contributed by atoms with E-state index in [-0.39, 0.29) is 24.6 Å². The molecule has 0 aromatic heterocycles. The van der Waals surface area contributed by atoms with E-state index in [4.69, 9.17) is 0 Å². The van der Waals surface area contributed by atoms with Crippen LogP contribution in [0.25, 0.3) is 0 Å². The number of rotatable bonds is 1. The van der Waals surface area contributed by atoms with E-state index in [9.17, 15) is 0 Å². The summed E-state index contributed by atoms with van der Waals surface area (Å²) in [6.45, 7) is 0. The Balaban J connectivity index is 2.01. The average molecular weight is 311 g/mol. The van der Waals surface area contributed by atoms with Crippen LogP contribution in [0.5, 0.6) is 0 Å². The number of hydrogen-bond donors (Lipinski definition) is 0. The Morgan fingerprint density at radius 1 is 1.22 bits per heavy atom. The molecule has 3 atom stereocenters. The van der Waals surface area contributed by atoms with Gasteiger partial charge in [0.2, 0.25) is 0 Å². The van der Waals surface area contributed by atoms with Crippen molar-refractivity contribution in [3.63, 3.8) is 0 Å². The summed E-state index contributed by atoms with van der Waals surface area (Å²) >= 11 is -0.287. The van der Waals surface area contributed by atoms with Gasteiger partial charge in [-0.3, -0.25) is 0 Å². The van der Waals surface area contributed by atoms with Crippen molar-refractivity contribution in [1.29, 1.82) is 0 Å². The molecule has 0 saturated heterocycles. The van der Waals surface area contributed by atoms with Crippen LogP contribution in [0.4, 0.5) is 0 Å². The molecule has 0 nitrogen and oxygen atoms in total. The molecule has 2 fully saturated rings. The predicted molar refractivity (Wildman–Crippen MR) is 35.1 cm³/mol. The summed E-state index contributed by atoms with van der Waals surface area (Å²) in [6.07, 6.45) is 6.51. The monoisotopic (exact) mass is 312 g/mol. The van der Waals surface area contributed by atoms with Crippen LogP contribution in [0.3, 0.4) is 0 Å². The maximum atomic E-state index is 2.57. The van der Waals surface area contributed by atoms with Crippen LogP contribution in [0, 0.1) is 11.8 Å². The van der Waals surface area contributed by atoms with Crippen molar-refractivity contribution in [3.8, 4) is 0 Å². The summed E-state index contributed by atoms with van der Waals surface area (Å²) in [7, 11) is 0. The van der Waals surface area contributed by atoms with Crippen LogP contribution >= 0.6 is 0 Å². The summed E-state index contributed by atoms with van der Waals surface area (Å²) in [5.41, 5.74) is 0. The van der Waals surface area contributed by atoms with Crippen molar-refractivity contribution in [1.82, 2.24) is 0 Å². The standard InChI is InChI=1S/C7H11.CH3.Hg/c1-2-7-4-3-6(1)5-7;;/h1,6-7H,2-5H2;1H3;/t6-,7+;;/m1../s1. The third-order valence-corrected chi connectivity index (χ3v) is 11.4. The van der Waals surface area contributed by atoms with Crippen molar-refractivity contribution in [2.24, 2.45) is 11.8 Å². The second-order valence-electron chi connectivity index (χ2n) is 3.84. The van der Waals surface area contributed by atoms with Gasteiger partial charge in [-0.15, -0.1) is 0 Å². The molecule has 0 N–H and O–H groups in total. The average Bonchev–Trinajstić information content (AvgIpc) is 2.45. The molecular weight excluding hydrogens is 297 g/mol. The first-order chi connectivity index (χ1) is 4.40. The Morgan fingerprint density at radius 2 is 2.11 bits per heavy atom. The van der Waals surface area contributed by atoms with Gasteiger partial charge in [0.15, 0.2) is 0 Å². The molecule has 2 aliphatic carbocycles. The molecule has 2 rings (SSSR count). The van der Waals surface area contributed by atoms with Gasteiger partial charge < -0.3 is 0 Å². The zero-order valence-electron chi connectivity index (χ0n) is 6.27. The van der Waals surface area contributed by atoms with Crippen LogP contribution in [0.15, 0.2) is 0 Å². The van der Waals surface area contributed by atoms with Crippen molar-refractivity contribution in [2.45, 2.75) is 33.5 Å². The topological polar surface area (TPSA) is 0 Å². The normalized spacial score (nSPS) is 47.4. The Morgan fingerprint density at radius 3 is 2.44 bits per heavy atom. The van der Waals surface area contributed by atoms with E-state index in [1.165, 1.54) is 15.3 Å². The maximum absolute atomic E-state index is 2.57. The molecular formula is C8H14Hg. The van der Waals surface area contributed by atoms with Gasteiger partial charge in [-0.05, 0) is 0 Å². The zero-order valence-corrected chi connectivity index (χ0v) is 11.8. The SMILES string of the molecule is [CH3][Hg][C@@H]1C[C@H]2CC[C@@H]1C2. The van der Waals surface area contributed by atoms with Crippen LogP contribution in [-0.4, -0.2) is 0 Å². The first-order valence-electron chi connectivity index (χ1n) is 4.40. The van der Waals surface area contributed by atoms with Gasteiger partial charge in [0.1, 0.15) is 0 Å². The third kappa shape index (κ3) is 1.08. The van der Waals surface area contributed by atoms with E-state index in [0.29, 0.717) is 0 Å². The molecule has 0 aliphatic heterocycles. The van der Waals surface area contributed by atoms with E-state index >= 15 is 0 Å². The summed E-state index contributed by atoms with van der Waals surface area (Å²) in [5, 5.41) is 0. The van der Waals surface area contributed by atoms with Gasteiger partial charge in [0.05, 0.1) is 0 Å². The fourth-order valence-corrected chi connectivity index (χ4v) is 10.3. The van der Waals surface area contributed by atoms with Gasteiger partial charge in [0, 0.05) is 0 Å². The molecule has 0 unspecified atom stereocenters. The molecule has 0 spiro atoms. The van der Waals surface area contributed by atoms with Gasteiger partial charge in [-0.25, -0.2) is 0 Å². The molecule has 1 heteroatoms. The van der Waals surface area contributed by atoms with Crippen molar-refractivity contribution in [3.05, 3.63) is 0 Å². The molecule has 9 heavy (non-hydrogen) atoms. The summed E-state index contributed by atoms with van der Waals surface area (Å²) < 4.78 is 3.93. The number of fused-ring (bicyclic) bond motifs is 2. The van der Waals surface area contributed by atoms with E-state index in [0.717, 1.165) is 0 Å². The van der Waals surface area contributed by atoms with E-state index in [1.807, 2.05) is 0 Å². The molecule has 0 aromatic rings. The first-order valence-corrected chi connectivity index (χ1v) is 13.1. The fourth-order valence-electron chi connectivity index (χ4n) is 2.88. The van der Waals surface area contributed by atoms with Crippen molar-refractivity contribution < 1.29 is 24.6 Å². The molecule has 0 heterocycles. The van der Waals surface area contributed by atoms with Crippen molar-refractivity contribution >= 4 is 0 Å². The van der Waals surface area contributed by atoms with Crippen LogP contribution in [-0.2, 0) is 24.6 Å². The summed E-state index contributed by atoms with van der Waals surface area (Å²) in [4.78, 5) is 0. The fraction of sp³-hybridized carbons (Fsp3) is 1.00. The van der Waals surface area contributed by atoms with Crippen LogP contribution in [0.1, 0.15) is 25.7 Å². The van der Waals surface area contributed by atoms with Gasteiger partial charge in [-0.1, -0.05) is 0 Å².